The first-order valence-electron chi connectivity index (χ1n) is 5.71. The van der Waals surface area contributed by atoms with Gasteiger partial charge in [-0.05, 0) is 30.3 Å². The average molecular weight is 306 g/mol. The van der Waals surface area contributed by atoms with Gasteiger partial charge in [0.1, 0.15) is 16.8 Å². The van der Waals surface area contributed by atoms with Crippen LogP contribution in [0.25, 0.3) is 0 Å². The lowest BCUT2D eigenvalue weighted by molar-refractivity contribution is 0.598. The van der Waals surface area contributed by atoms with Gasteiger partial charge in [-0.2, -0.15) is 5.26 Å². The molecular weight excluding hydrogens is 295 g/mol. The summed E-state index contributed by atoms with van der Waals surface area (Å²) in [7, 11) is -3.95. The molecule has 0 unspecified atom stereocenters. The molecule has 0 amide bonds. The smallest absolute Gasteiger partial charge is 0.240 e. The van der Waals surface area contributed by atoms with Gasteiger partial charge >= 0.3 is 0 Å². The van der Waals surface area contributed by atoms with Crippen molar-refractivity contribution in [3.63, 3.8) is 0 Å². The zero-order valence-corrected chi connectivity index (χ0v) is 11.5. The van der Waals surface area contributed by atoms with Crippen molar-refractivity contribution in [2.75, 3.05) is 11.1 Å². The lowest BCUT2D eigenvalue weighted by Crippen LogP contribution is -2.15. The number of halogens is 1. The number of nitrogen functional groups attached to an aromatic ring is 1. The zero-order valence-electron chi connectivity index (χ0n) is 10.7. The molecule has 8 heteroatoms. The quantitative estimate of drug-likeness (QED) is 0.744. The van der Waals surface area contributed by atoms with Crippen molar-refractivity contribution in [2.45, 2.75) is 4.90 Å². The Bertz CT molecular complexity index is 844. The maximum Gasteiger partial charge on any atom is 0.240 e. The highest BCUT2D eigenvalue weighted by Crippen LogP contribution is 2.29. The summed E-state index contributed by atoms with van der Waals surface area (Å²) in [6.07, 6.45) is 0. The number of nitrogens with zero attached hydrogens (tertiary/aromatic N) is 1. The Kier molecular flexibility index (Phi) is 3.80. The van der Waals surface area contributed by atoms with Gasteiger partial charge in [-0.15, -0.1) is 0 Å². The minimum absolute atomic E-state index is 0.0529. The van der Waals surface area contributed by atoms with E-state index in [1.165, 1.54) is 24.3 Å². The van der Waals surface area contributed by atoms with E-state index in [0.717, 1.165) is 6.07 Å². The van der Waals surface area contributed by atoms with Crippen LogP contribution in [0.15, 0.2) is 41.3 Å². The van der Waals surface area contributed by atoms with Crippen LogP contribution in [-0.4, -0.2) is 8.42 Å². The van der Waals surface area contributed by atoms with Crippen LogP contribution in [0.5, 0.6) is 0 Å². The van der Waals surface area contributed by atoms with Crippen LogP contribution >= 0.6 is 0 Å². The number of rotatable bonds is 3. The molecule has 0 aliphatic rings. The summed E-state index contributed by atoms with van der Waals surface area (Å²) in [5.74, 6) is -0.644. The third-order valence-corrected chi connectivity index (χ3v) is 3.71. The monoisotopic (exact) mass is 306 g/mol. The second-order valence-corrected chi connectivity index (χ2v) is 5.72. The second kappa shape index (κ2) is 5.40. The molecule has 0 aliphatic carbocycles. The number of para-hydroxylation sites is 1. The van der Waals surface area contributed by atoms with E-state index in [1.54, 1.807) is 12.1 Å². The highest BCUT2D eigenvalue weighted by Gasteiger charge is 2.15. The van der Waals surface area contributed by atoms with E-state index in [9.17, 15) is 12.8 Å². The molecule has 5 N–H and O–H groups in total. The van der Waals surface area contributed by atoms with E-state index < -0.39 is 15.8 Å². The standard InChI is InChI=1S/C13H11FN4O2S/c14-10-5-4-9(6-8(10)7-15)18-11-2-1-3-12(13(11)16)21(17,19)20/h1-6,18H,16H2,(H2,17,19,20). The minimum atomic E-state index is -3.95. The maximum absolute atomic E-state index is 13.2. The molecule has 0 saturated heterocycles. The van der Waals surface area contributed by atoms with E-state index in [-0.39, 0.29) is 21.8 Å². The van der Waals surface area contributed by atoms with Gasteiger partial charge in [0.05, 0.1) is 16.9 Å². The third-order valence-electron chi connectivity index (χ3n) is 2.74. The third kappa shape index (κ3) is 3.10. The van der Waals surface area contributed by atoms with Crippen LogP contribution in [0.1, 0.15) is 5.56 Å². The van der Waals surface area contributed by atoms with Gasteiger partial charge in [0.15, 0.2) is 0 Å². The molecule has 2 rings (SSSR count). The van der Waals surface area contributed by atoms with E-state index in [2.05, 4.69) is 5.32 Å². The fourth-order valence-electron chi connectivity index (χ4n) is 1.75. The molecule has 2 aromatic carbocycles. The molecule has 0 radical (unpaired) electrons. The molecule has 0 aliphatic heterocycles. The number of nitrogens with one attached hydrogen (secondary N) is 1. The Morgan fingerprint density at radius 2 is 1.95 bits per heavy atom. The molecule has 0 spiro atoms. The molecule has 6 nitrogen and oxygen atoms in total. The summed E-state index contributed by atoms with van der Waals surface area (Å²) in [5, 5.41) is 16.7. The summed E-state index contributed by atoms with van der Waals surface area (Å²) >= 11 is 0. The summed E-state index contributed by atoms with van der Waals surface area (Å²) in [6.45, 7) is 0. The Morgan fingerprint density at radius 3 is 2.57 bits per heavy atom. The zero-order chi connectivity index (χ0) is 15.6. The van der Waals surface area contributed by atoms with Gasteiger partial charge in [0.2, 0.25) is 10.0 Å². The van der Waals surface area contributed by atoms with Crippen LogP contribution in [0.4, 0.5) is 21.5 Å². The topological polar surface area (TPSA) is 122 Å². The van der Waals surface area contributed by atoms with Gasteiger partial charge in [-0.25, -0.2) is 17.9 Å². The number of anilines is 3. The van der Waals surface area contributed by atoms with Crippen molar-refractivity contribution in [1.82, 2.24) is 0 Å². The van der Waals surface area contributed by atoms with Crippen molar-refractivity contribution in [3.8, 4) is 6.07 Å². The van der Waals surface area contributed by atoms with E-state index >= 15 is 0 Å². The van der Waals surface area contributed by atoms with Crippen LogP contribution in [0.3, 0.4) is 0 Å². The van der Waals surface area contributed by atoms with E-state index in [1.807, 2.05) is 0 Å². The number of primary sulfonamides is 1. The normalized spacial score (nSPS) is 10.9. The van der Waals surface area contributed by atoms with Crippen LogP contribution in [0, 0.1) is 17.1 Å². The molecular formula is C13H11FN4O2S. The summed E-state index contributed by atoms with van der Waals surface area (Å²) < 4.78 is 36.0. The molecule has 0 bridgehead atoms. The Balaban J connectivity index is 2.44. The SMILES string of the molecule is N#Cc1cc(Nc2cccc(S(N)(=O)=O)c2N)ccc1F. The number of nitrogens with two attached hydrogens (primary N) is 2. The molecule has 0 aromatic heterocycles. The number of nitriles is 1. The van der Waals surface area contributed by atoms with Gasteiger partial charge in [-0.3, -0.25) is 0 Å². The first kappa shape index (κ1) is 14.8. The van der Waals surface area contributed by atoms with Crippen molar-refractivity contribution in [1.29, 1.82) is 5.26 Å². The second-order valence-electron chi connectivity index (χ2n) is 4.19. The Labute approximate surface area is 120 Å². The van der Waals surface area contributed by atoms with Gasteiger partial charge in [0.25, 0.3) is 0 Å². The van der Waals surface area contributed by atoms with E-state index in [4.69, 9.17) is 16.1 Å². The largest absolute Gasteiger partial charge is 0.396 e. The molecule has 108 valence electrons. The first-order chi connectivity index (χ1) is 9.82. The minimum Gasteiger partial charge on any atom is -0.396 e. The summed E-state index contributed by atoms with van der Waals surface area (Å²) in [5.41, 5.74) is 6.25. The number of hydrogen-bond donors (Lipinski definition) is 3. The lowest BCUT2D eigenvalue weighted by Gasteiger charge is -2.12. The van der Waals surface area contributed by atoms with E-state index in [0.29, 0.717) is 5.69 Å². The van der Waals surface area contributed by atoms with Crippen LogP contribution < -0.4 is 16.2 Å². The molecule has 0 saturated carbocycles. The average Bonchev–Trinajstić information content (AvgIpc) is 2.42. The molecule has 0 fully saturated rings. The maximum atomic E-state index is 13.2. The first-order valence-corrected chi connectivity index (χ1v) is 7.25. The fraction of sp³-hybridized carbons (Fsp3) is 0. The van der Waals surface area contributed by atoms with Crippen molar-refractivity contribution in [3.05, 3.63) is 47.8 Å². The van der Waals surface area contributed by atoms with Crippen molar-refractivity contribution >= 4 is 27.1 Å². The summed E-state index contributed by atoms with van der Waals surface area (Å²) in [6, 6.07) is 9.81. The number of hydrogen-bond acceptors (Lipinski definition) is 5. The number of benzene rings is 2. The van der Waals surface area contributed by atoms with Crippen LogP contribution in [-0.2, 0) is 10.0 Å². The Hall–Kier alpha value is -2.63. The van der Waals surface area contributed by atoms with Crippen molar-refractivity contribution < 1.29 is 12.8 Å². The fourth-order valence-corrected chi connectivity index (χ4v) is 2.43. The van der Waals surface area contributed by atoms with Gasteiger partial charge in [-0.1, -0.05) is 6.07 Å². The number of sulfonamides is 1. The highest BCUT2D eigenvalue weighted by atomic mass is 32.2. The lowest BCUT2D eigenvalue weighted by atomic mass is 10.2. The Morgan fingerprint density at radius 1 is 1.24 bits per heavy atom. The van der Waals surface area contributed by atoms with Gasteiger partial charge in [0, 0.05) is 5.69 Å². The predicted octanol–water partition coefficient (Wildman–Crippen LogP) is 1.67. The van der Waals surface area contributed by atoms with Gasteiger partial charge < -0.3 is 11.1 Å². The van der Waals surface area contributed by atoms with Crippen molar-refractivity contribution in [2.24, 2.45) is 5.14 Å². The molecule has 0 atom stereocenters. The molecule has 2 aromatic rings. The highest BCUT2D eigenvalue weighted by molar-refractivity contribution is 7.89. The predicted molar refractivity (Wildman–Crippen MR) is 76.6 cm³/mol. The summed E-state index contributed by atoms with van der Waals surface area (Å²) in [4.78, 5) is -0.213. The molecule has 21 heavy (non-hydrogen) atoms. The van der Waals surface area contributed by atoms with Crippen LogP contribution in [0.2, 0.25) is 0 Å². The molecule has 0 heterocycles.